The molecule has 0 radical (unpaired) electrons. The van der Waals surface area contributed by atoms with E-state index in [1.807, 2.05) is 36.6 Å². The molecule has 2 aromatic rings. The zero-order valence-corrected chi connectivity index (χ0v) is 12.7. The molecule has 1 fully saturated rings. The average molecular weight is 301 g/mol. The van der Waals surface area contributed by atoms with Gasteiger partial charge in [0.15, 0.2) is 5.82 Å². The van der Waals surface area contributed by atoms with Gasteiger partial charge in [0.2, 0.25) is 5.91 Å². The van der Waals surface area contributed by atoms with Gasteiger partial charge in [-0.1, -0.05) is 0 Å². The number of nitriles is 1. The highest BCUT2D eigenvalue weighted by Crippen LogP contribution is 2.32. The Labute approximate surface area is 126 Å². The Morgan fingerprint density at radius 2 is 2.33 bits per heavy atom. The molecule has 1 saturated heterocycles. The van der Waals surface area contributed by atoms with Gasteiger partial charge in [0, 0.05) is 32.9 Å². The van der Waals surface area contributed by atoms with E-state index < -0.39 is 0 Å². The number of aryl methyl sites for hydroxylation is 1. The zero-order chi connectivity index (χ0) is 15.0. The molecule has 1 amide bonds. The van der Waals surface area contributed by atoms with E-state index in [0.29, 0.717) is 12.1 Å². The van der Waals surface area contributed by atoms with Crippen molar-refractivity contribution in [2.24, 2.45) is 7.05 Å². The Balaban J connectivity index is 1.82. The van der Waals surface area contributed by atoms with Crippen LogP contribution in [0.2, 0.25) is 0 Å². The largest absolute Gasteiger partial charge is 0.346 e. The standard InChI is InChI=1S/C14H15N5OS/c1-17-6-4-12(16-17)18(2)11-3-7-19(13(11)20)14-10(9-15)5-8-21-14/h4-6,8,11H,3,7H2,1-2H3. The summed E-state index contributed by atoms with van der Waals surface area (Å²) in [6, 6.07) is 5.55. The summed E-state index contributed by atoms with van der Waals surface area (Å²) in [6.07, 6.45) is 2.59. The number of rotatable bonds is 3. The third kappa shape index (κ3) is 2.28. The first-order chi connectivity index (χ1) is 10.1. The van der Waals surface area contributed by atoms with Gasteiger partial charge in [-0.2, -0.15) is 10.4 Å². The Bertz CT molecular complexity index is 713. The van der Waals surface area contributed by atoms with Crippen molar-refractivity contribution in [1.82, 2.24) is 9.78 Å². The molecule has 2 aromatic heterocycles. The fourth-order valence-electron chi connectivity index (χ4n) is 2.57. The predicted octanol–water partition coefficient (Wildman–Crippen LogP) is 1.59. The van der Waals surface area contributed by atoms with Crippen LogP contribution in [0.3, 0.4) is 0 Å². The van der Waals surface area contributed by atoms with Crippen LogP contribution < -0.4 is 9.80 Å². The van der Waals surface area contributed by atoms with Gasteiger partial charge >= 0.3 is 0 Å². The molecule has 7 heteroatoms. The average Bonchev–Trinajstić information content (AvgIpc) is 3.17. The van der Waals surface area contributed by atoms with E-state index in [4.69, 9.17) is 5.26 Å². The second-order valence-electron chi connectivity index (χ2n) is 5.00. The van der Waals surface area contributed by atoms with Gasteiger partial charge < -0.3 is 9.80 Å². The molecule has 0 aromatic carbocycles. The van der Waals surface area contributed by atoms with Crippen LogP contribution in [0.4, 0.5) is 10.8 Å². The number of amides is 1. The van der Waals surface area contributed by atoms with E-state index in [-0.39, 0.29) is 11.9 Å². The number of carbonyl (C=O) groups excluding carboxylic acids is 1. The first kappa shape index (κ1) is 13.6. The first-order valence-corrected chi connectivity index (χ1v) is 7.51. The summed E-state index contributed by atoms with van der Waals surface area (Å²) in [5, 5.41) is 16.0. The molecule has 21 heavy (non-hydrogen) atoms. The number of aromatic nitrogens is 2. The summed E-state index contributed by atoms with van der Waals surface area (Å²) in [6.45, 7) is 0.635. The normalized spacial score (nSPS) is 18.0. The van der Waals surface area contributed by atoms with E-state index in [1.54, 1.807) is 15.6 Å². The van der Waals surface area contributed by atoms with Gasteiger partial charge in [-0.25, -0.2) is 0 Å². The summed E-state index contributed by atoms with van der Waals surface area (Å²) in [7, 11) is 3.74. The molecule has 3 rings (SSSR count). The maximum Gasteiger partial charge on any atom is 0.250 e. The van der Waals surface area contributed by atoms with E-state index in [1.165, 1.54) is 11.3 Å². The summed E-state index contributed by atoms with van der Waals surface area (Å²) in [5.74, 6) is 0.812. The van der Waals surface area contributed by atoms with Crippen molar-refractivity contribution in [3.8, 4) is 6.07 Å². The molecule has 1 aliphatic rings. The lowest BCUT2D eigenvalue weighted by Gasteiger charge is -2.23. The van der Waals surface area contributed by atoms with Gasteiger partial charge in [-0.15, -0.1) is 11.3 Å². The highest BCUT2D eigenvalue weighted by Gasteiger charge is 2.37. The minimum absolute atomic E-state index is 0.0297. The molecule has 0 N–H and O–H groups in total. The lowest BCUT2D eigenvalue weighted by Crippen LogP contribution is -2.40. The van der Waals surface area contributed by atoms with Crippen LogP contribution in [-0.2, 0) is 11.8 Å². The van der Waals surface area contributed by atoms with Gasteiger partial charge in [-0.3, -0.25) is 9.48 Å². The van der Waals surface area contributed by atoms with Gasteiger partial charge in [0.25, 0.3) is 0 Å². The van der Waals surface area contributed by atoms with Crippen LogP contribution in [0.1, 0.15) is 12.0 Å². The van der Waals surface area contributed by atoms with Crippen molar-refractivity contribution in [2.45, 2.75) is 12.5 Å². The zero-order valence-electron chi connectivity index (χ0n) is 11.9. The molecule has 0 spiro atoms. The van der Waals surface area contributed by atoms with Crippen molar-refractivity contribution in [1.29, 1.82) is 5.26 Å². The van der Waals surface area contributed by atoms with Gasteiger partial charge in [-0.05, 0) is 17.9 Å². The number of hydrogen-bond acceptors (Lipinski definition) is 5. The lowest BCUT2D eigenvalue weighted by atomic mass is 10.2. The number of thiophene rings is 1. The molecular weight excluding hydrogens is 286 g/mol. The SMILES string of the molecule is CN(c1ccn(C)n1)C1CCN(c2sccc2C#N)C1=O. The molecular formula is C14H15N5OS. The topological polar surface area (TPSA) is 65.2 Å². The van der Waals surface area contributed by atoms with E-state index in [0.717, 1.165) is 17.2 Å². The van der Waals surface area contributed by atoms with Crippen LogP contribution >= 0.6 is 11.3 Å². The molecule has 0 aliphatic carbocycles. The fourth-order valence-corrected chi connectivity index (χ4v) is 3.45. The number of carbonyl (C=O) groups is 1. The number of nitrogens with zero attached hydrogens (tertiary/aromatic N) is 5. The first-order valence-electron chi connectivity index (χ1n) is 6.63. The summed E-state index contributed by atoms with van der Waals surface area (Å²) in [5.41, 5.74) is 0.564. The summed E-state index contributed by atoms with van der Waals surface area (Å²) >= 11 is 1.43. The number of likely N-dealkylation sites (N-methyl/N-ethyl adjacent to an activating group) is 1. The quantitative estimate of drug-likeness (QED) is 0.863. The maximum absolute atomic E-state index is 12.6. The van der Waals surface area contributed by atoms with Crippen molar-refractivity contribution in [3.63, 3.8) is 0 Å². The Kier molecular flexibility index (Phi) is 3.39. The molecule has 1 atom stereocenters. The van der Waals surface area contributed by atoms with Crippen molar-refractivity contribution in [2.75, 3.05) is 23.4 Å². The van der Waals surface area contributed by atoms with E-state index >= 15 is 0 Å². The van der Waals surface area contributed by atoms with Crippen LogP contribution in [0.15, 0.2) is 23.7 Å². The van der Waals surface area contributed by atoms with Crippen molar-refractivity contribution >= 4 is 28.1 Å². The summed E-state index contributed by atoms with van der Waals surface area (Å²) in [4.78, 5) is 16.3. The van der Waals surface area contributed by atoms with Gasteiger partial charge in [0.05, 0.1) is 5.56 Å². The molecule has 1 aliphatic heterocycles. The highest BCUT2D eigenvalue weighted by atomic mass is 32.1. The maximum atomic E-state index is 12.6. The molecule has 0 saturated carbocycles. The minimum atomic E-state index is -0.228. The van der Waals surface area contributed by atoms with E-state index in [2.05, 4.69) is 11.2 Å². The Hall–Kier alpha value is -2.33. The molecule has 0 bridgehead atoms. The molecule has 108 valence electrons. The fraction of sp³-hybridized carbons (Fsp3) is 0.357. The lowest BCUT2D eigenvalue weighted by molar-refractivity contribution is -0.118. The smallest absolute Gasteiger partial charge is 0.250 e. The van der Waals surface area contributed by atoms with E-state index in [9.17, 15) is 4.79 Å². The van der Waals surface area contributed by atoms with Crippen LogP contribution in [0.5, 0.6) is 0 Å². The predicted molar refractivity (Wildman–Crippen MR) is 81.4 cm³/mol. The van der Waals surface area contributed by atoms with Crippen LogP contribution in [-0.4, -0.2) is 35.3 Å². The van der Waals surface area contributed by atoms with Crippen LogP contribution in [0.25, 0.3) is 0 Å². The Morgan fingerprint density at radius 1 is 1.52 bits per heavy atom. The van der Waals surface area contributed by atoms with Crippen LogP contribution in [0, 0.1) is 11.3 Å². The Morgan fingerprint density at radius 3 is 3.00 bits per heavy atom. The minimum Gasteiger partial charge on any atom is -0.346 e. The van der Waals surface area contributed by atoms with Crippen molar-refractivity contribution < 1.29 is 4.79 Å². The highest BCUT2D eigenvalue weighted by molar-refractivity contribution is 7.14. The second-order valence-corrected chi connectivity index (χ2v) is 5.90. The van der Waals surface area contributed by atoms with Crippen molar-refractivity contribution in [3.05, 3.63) is 29.3 Å². The number of hydrogen-bond donors (Lipinski definition) is 0. The monoisotopic (exact) mass is 301 g/mol. The van der Waals surface area contributed by atoms with Gasteiger partial charge in [0.1, 0.15) is 17.1 Å². The third-order valence-corrected chi connectivity index (χ3v) is 4.65. The third-order valence-electron chi connectivity index (χ3n) is 3.72. The second kappa shape index (κ2) is 5.22. The molecule has 6 nitrogen and oxygen atoms in total. The molecule has 1 unspecified atom stereocenters. The summed E-state index contributed by atoms with van der Waals surface area (Å²) < 4.78 is 1.72. The molecule has 3 heterocycles. The number of anilines is 2.